The number of hydrogen-bond acceptors (Lipinski definition) is 4. The van der Waals surface area contributed by atoms with Gasteiger partial charge in [-0.3, -0.25) is 4.90 Å². The minimum absolute atomic E-state index is 0.381. The van der Waals surface area contributed by atoms with Gasteiger partial charge in [0, 0.05) is 28.9 Å². The van der Waals surface area contributed by atoms with Crippen LogP contribution in [0.15, 0.2) is 22.4 Å². The van der Waals surface area contributed by atoms with E-state index in [1.165, 1.54) is 24.2 Å². The summed E-state index contributed by atoms with van der Waals surface area (Å²) >= 11 is 7.43. The topological polar surface area (TPSA) is 40.6 Å². The normalized spacial score (nSPS) is 23.5. The number of benzene rings is 1. The molecule has 0 N–H and O–H groups in total. The third-order valence-corrected chi connectivity index (χ3v) is 9.18. The van der Waals surface area contributed by atoms with Crippen LogP contribution in [0.2, 0.25) is 5.02 Å². The van der Waals surface area contributed by atoms with Crippen LogP contribution in [-0.2, 0) is 10.0 Å². The molecule has 0 saturated carbocycles. The third kappa shape index (κ3) is 2.78. The molecule has 2 fully saturated rings. The molecule has 4 rings (SSSR count). The predicted molar refractivity (Wildman–Crippen MR) is 99.5 cm³/mol. The largest absolute Gasteiger partial charge is 0.299 e. The van der Waals surface area contributed by atoms with E-state index in [0.717, 1.165) is 35.2 Å². The number of aryl methyl sites for hydroxylation is 1. The van der Waals surface area contributed by atoms with Crippen molar-refractivity contribution in [2.24, 2.45) is 0 Å². The van der Waals surface area contributed by atoms with Crippen LogP contribution in [0.4, 0.5) is 0 Å². The van der Waals surface area contributed by atoms with Crippen LogP contribution in [0, 0.1) is 6.92 Å². The molecule has 2 aliphatic heterocycles. The van der Waals surface area contributed by atoms with Crippen LogP contribution in [0.25, 0.3) is 10.1 Å². The fourth-order valence-electron chi connectivity index (χ4n) is 3.87. The van der Waals surface area contributed by atoms with Crippen molar-refractivity contribution in [3.05, 3.63) is 28.8 Å². The Hall–Kier alpha value is -0.660. The molecule has 1 aromatic heterocycles. The predicted octanol–water partition coefficient (Wildman–Crippen LogP) is 3.72. The zero-order valence-electron chi connectivity index (χ0n) is 13.7. The lowest BCUT2D eigenvalue weighted by Gasteiger charge is -2.23. The van der Waals surface area contributed by atoms with Gasteiger partial charge in [0.15, 0.2) is 0 Å². The fourth-order valence-corrected chi connectivity index (χ4v) is 7.41. The molecule has 4 nitrogen and oxygen atoms in total. The number of halogens is 1. The Morgan fingerprint density at radius 1 is 1.21 bits per heavy atom. The second-order valence-electron chi connectivity index (χ2n) is 6.70. The van der Waals surface area contributed by atoms with E-state index in [2.05, 4.69) is 4.90 Å². The number of rotatable bonds is 3. The summed E-state index contributed by atoms with van der Waals surface area (Å²) in [5.41, 5.74) is 0.821. The highest BCUT2D eigenvalue weighted by Crippen LogP contribution is 2.38. The van der Waals surface area contributed by atoms with Gasteiger partial charge in [-0.2, -0.15) is 4.31 Å². The summed E-state index contributed by atoms with van der Waals surface area (Å²) in [6.45, 7) is 5.35. The van der Waals surface area contributed by atoms with Gasteiger partial charge >= 0.3 is 0 Å². The highest BCUT2D eigenvalue weighted by atomic mass is 35.5. The number of thiophene rings is 1. The maximum Gasteiger partial charge on any atom is 0.252 e. The van der Waals surface area contributed by atoms with Gasteiger partial charge in [-0.25, -0.2) is 8.42 Å². The Morgan fingerprint density at radius 2 is 1.96 bits per heavy atom. The maximum absolute atomic E-state index is 13.2. The Bertz CT molecular complexity index is 872. The summed E-state index contributed by atoms with van der Waals surface area (Å²) in [6, 6.07) is 5.96. The third-order valence-electron chi connectivity index (χ3n) is 5.21. The minimum atomic E-state index is -3.42. The zero-order chi connectivity index (χ0) is 16.9. The molecule has 0 spiro atoms. The monoisotopic (exact) mass is 384 g/mol. The number of hydrogen-bond donors (Lipinski definition) is 0. The van der Waals surface area contributed by atoms with Crippen LogP contribution in [0.3, 0.4) is 0 Å². The molecule has 0 amide bonds. The van der Waals surface area contributed by atoms with E-state index in [9.17, 15) is 8.42 Å². The molecule has 3 heterocycles. The van der Waals surface area contributed by atoms with Crippen LogP contribution in [-0.4, -0.2) is 49.8 Å². The molecule has 2 saturated heterocycles. The lowest BCUT2D eigenvalue weighted by atomic mass is 10.2. The second kappa shape index (κ2) is 6.25. The Labute approximate surface area is 152 Å². The lowest BCUT2D eigenvalue weighted by Crippen LogP contribution is -2.37. The van der Waals surface area contributed by atoms with Crippen LogP contribution in [0.1, 0.15) is 24.8 Å². The van der Waals surface area contributed by atoms with E-state index in [1.807, 2.05) is 25.1 Å². The average Bonchev–Trinajstić information content (AvgIpc) is 3.26. The summed E-state index contributed by atoms with van der Waals surface area (Å²) in [7, 11) is -3.42. The molecule has 2 aliphatic rings. The van der Waals surface area contributed by atoms with Crippen molar-refractivity contribution in [1.29, 1.82) is 0 Å². The number of likely N-dealkylation sites (tertiary alicyclic amines) is 1. The molecule has 1 aromatic carbocycles. The molecule has 0 aliphatic carbocycles. The first-order valence-corrected chi connectivity index (χ1v) is 11.0. The van der Waals surface area contributed by atoms with Gasteiger partial charge in [0.05, 0.1) is 0 Å². The molecular formula is C17H21ClN2O2S2. The van der Waals surface area contributed by atoms with Crippen LogP contribution in [0.5, 0.6) is 0 Å². The summed E-state index contributed by atoms with van der Waals surface area (Å²) in [6.07, 6.45) is 3.41. The molecule has 24 heavy (non-hydrogen) atoms. The van der Waals surface area contributed by atoms with Gasteiger partial charge in [0.2, 0.25) is 0 Å². The summed E-state index contributed by atoms with van der Waals surface area (Å²) < 4.78 is 29.4. The number of fused-ring (bicyclic) bond motifs is 1. The first-order valence-electron chi connectivity index (χ1n) is 8.39. The van der Waals surface area contributed by atoms with E-state index in [-0.39, 0.29) is 0 Å². The van der Waals surface area contributed by atoms with E-state index >= 15 is 0 Å². The smallest absolute Gasteiger partial charge is 0.252 e. The first kappa shape index (κ1) is 16.8. The van der Waals surface area contributed by atoms with Gasteiger partial charge in [-0.15, -0.1) is 11.3 Å². The maximum atomic E-state index is 13.2. The molecule has 130 valence electrons. The molecule has 7 heteroatoms. The van der Waals surface area contributed by atoms with Crippen molar-refractivity contribution in [2.75, 3.05) is 26.2 Å². The van der Waals surface area contributed by atoms with E-state index in [4.69, 9.17) is 11.6 Å². The SMILES string of the molecule is Cc1c(S(=O)(=O)N2CC[C@@H](N3CCCC3)C2)sc2ccc(Cl)cc12. The Kier molecular flexibility index (Phi) is 4.37. The summed E-state index contributed by atoms with van der Waals surface area (Å²) in [5.74, 6) is 0. The van der Waals surface area contributed by atoms with Gasteiger partial charge in [0.1, 0.15) is 4.21 Å². The molecule has 0 bridgehead atoms. The average molecular weight is 385 g/mol. The van der Waals surface area contributed by atoms with Gasteiger partial charge < -0.3 is 0 Å². The number of nitrogens with zero attached hydrogens (tertiary/aromatic N) is 2. The van der Waals surface area contributed by atoms with Gasteiger partial charge in [-0.05, 0) is 68.4 Å². The second-order valence-corrected chi connectivity index (χ2v) is 10.3. The highest BCUT2D eigenvalue weighted by Gasteiger charge is 2.37. The minimum Gasteiger partial charge on any atom is -0.299 e. The Morgan fingerprint density at radius 3 is 2.71 bits per heavy atom. The molecule has 0 unspecified atom stereocenters. The van der Waals surface area contributed by atoms with E-state index in [0.29, 0.717) is 28.4 Å². The van der Waals surface area contributed by atoms with Gasteiger partial charge in [-0.1, -0.05) is 11.6 Å². The Balaban J connectivity index is 1.64. The summed E-state index contributed by atoms with van der Waals surface area (Å²) in [4.78, 5) is 2.45. The van der Waals surface area contributed by atoms with Gasteiger partial charge in [0.25, 0.3) is 10.0 Å². The standard InChI is InChI=1S/C17H21ClN2O2S2/c1-12-15-10-13(18)4-5-16(15)23-17(12)24(21,22)20-9-6-14(11-20)19-7-2-3-8-19/h4-5,10,14H,2-3,6-9,11H2,1H3/t14-/m1/s1. The van der Waals surface area contributed by atoms with Crippen LogP contribution >= 0.6 is 22.9 Å². The summed E-state index contributed by atoms with van der Waals surface area (Å²) in [5, 5.41) is 1.59. The van der Waals surface area contributed by atoms with Crippen molar-refractivity contribution < 1.29 is 8.42 Å². The van der Waals surface area contributed by atoms with Crippen molar-refractivity contribution in [2.45, 2.75) is 36.4 Å². The highest BCUT2D eigenvalue weighted by molar-refractivity contribution is 7.91. The number of sulfonamides is 1. The quantitative estimate of drug-likeness (QED) is 0.809. The first-order chi connectivity index (χ1) is 11.5. The van der Waals surface area contributed by atoms with Crippen molar-refractivity contribution >= 4 is 43.0 Å². The molecule has 0 radical (unpaired) electrons. The lowest BCUT2D eigenvalue weighted by molar-refractivity contribution is 0.251. The molecule has 1 atom stereocenters. The van der Waals surface area contributed by atoms with E-state index < -0.39 is 10.0 Å². The fraction of sp³-hybridized carbons (Fsp3) is 0.529. The van der Waals surface area contributed by atoms with Crippen molar-refractivity contribution in [1.82, 2.24) is 9.21 Å². The van der Waals surface area contributed by atoms with Crippen molar-refractivity contribution in [3.8, 4) is 0 Å². The zero-order valence-corrected chi connectivity index (χ0v) is 16.1. The molecule has 2 aromatic rings. The van der Waals surface area contributed by atoms with E-state index in [1.54, 1.807) is 4.31 Å². The van der Waals surface area contributed by atoms with Crippen molar-refractivity contribution in [3.63, 3.8) is 0 Å². The van der Waals surface area contributed by atoms with Crippen LogP contribution < -0.4 is 0 Å². The molecular weight excluding hydrogens is 364 g/mol.